The molecule has 0 bridgehead atoms. The van der Waals surface area contributed by atoms with Crippen molar-refractivity contribution >= 4 is 5.91 Å². The van der Waals surface area contributed by atoms with Gasteiger partial charge in [-0.2, -0.15) is 5.10 Å². The number of carbonyl (C=O) groups excluding carboxylic acids is 1. The summed E-state index contributed by atoms with van der Waals surface area (Å²) in [5, 5.41) is 15.4. The minimum atomic E-state index is -0.303. The lowest BCUT2D eigenvalue weighted by Crippen LogP contribution is -2.53. The number of aliphatic hydroxyl groups is 1. The zero-order valence-corrected chi connectivity index (χ0v) is 18.1. The Morgan fingerprint density at radius 2 is 1.93 bits per heavy atom. The summed E-state index contributed by atoms with van der Waals surface area (Å²) in [4.78, 5) is 17.7. The molecule has 1 aromatic heterocycles. The number of aromatic nitrogens is 2. The Kier molecular flexibility index (Phi) is 6.27. The SMILES string of the molecule is CCn1nc(CC(C)C)cc1C(=O)N1C[C@H]2C[C@@H](N3CCOCC3)[C@H](O)C[C@H]2C1. The Hall–Kier alpha value is -1.44. The maximum Gasteiger partial charge on any atom is 0.272 e. The Bertz CT molecular complexity index is 713. The molecule has 0 unspecified atom stereocenters. The Morgan fingerprint density at radius 3 is 2.59 bits per heavy atom. The predicted molar refractivity (Wildman–Crippen MR) is 111 cm³/mol. The molecule has 1 amide bonds. The van der Waals surface area contributed by atoms with Gasteiger partial charge >= 0.3 is 0 Å². The van der Waals surface area contributed by atoms with Gasteiger partial charge in [0.2, 0.25) is 0 Å². The van der Waals surface area contributed by atoms with Crippen molar-refractivity contribution in [2.45, 2.75) is 58.7 Å². The first-order valence-electron chi connectivity index (χ1n) is 11.3. The highest BCUT2D eigenvalue weighted by Gasteiger charge is 2.45. The fourth-order valence-electron chi connectivity index (χ4n) is 5.44. The van der Waals surface area contributed by atoms with Crippen LogP contribution in [0.1, 0.15) is 49.8 Å². The molecule has 162 valence electrons. The highest BCUT2D eigenvalue weighted by atomic mass is 16.5. The number of hydrogen-bond acceptors (Lipinski definition) is 5. The third-order valence-corrected chi connectivity index (χ3v) is 6.88. The molecule has 0 aromatic carbocycles. The second kappa shape index (κ2) is 8.74. The van der Waals surface area contributed by atoms with E-state index in [2.05, 4.69) is 23.8 Å². The maximum absolute atomic E-state index is 13.3. The van der Waals surface area contributed by atoms with Crippen LogP contribution in [0.4, 0.5) is 0 Å². The lowest BCUT2D eigenvalue weighted by molar-refractivity contribution is -0.0520. The van der Waals surface area contributed by atoms with E-state index in [0.717, 1.165) is 64.3 Å². The average molecular weight is 405 g/mol. The van der Waals surface area contributed by atoms with E-state index < -0.39 is 0 Å². The number of fused-ring (bicyclic) bond motifs is 1. The fraction of sp³-hybridized carbons (Fsp3) is 0.818. The van der Waals surface area contributed by atoms with Crippen LogP contribution in [0.2, 0.25) is 0 Å². The van der Waals surface area contributed by atoms with Crippen molar-refractivity contribution in [3.8, 4) is 0 Å². The molecule has 7 nitrogen and oxygen atoms in total. The van der Waals surface area contributed by atoms with Gasteiger partial charge in [-0.3, -0.25) is 14.4 Å². The molecule has 7 heteroatoms. The van der Waals surface area contributed by atoms with E-state index in [9.17, 15) is 9.90 Å². The number of ether oxygens (including phenoxy) is 1. The van der Waals surface area contributed by atoms with Crippen molar-refractivity contribution in [2.75, 3.05) is 39.4 Å². The Labute approximate surface area is 174 Å². The van der Waals surface area contributed by atoms with E-state index in [1.54, 1.807) is 0 Å². The van der Waals surface area contributed by atoms with Gasteiger partial charge < -0.3 is 14.7 Å². The molecule has 0 radical (unpaired) electrons. The van der Waals surface area contributed by atoms with Gasteiger partial charge in [0.1, 0.15) is 5.69 Å². The third-order valence-electron chi connectivity index (χ3n) is 6.88. The summed E-state index contributed by atoms with van der Waals surface area (Å²) in [6.45, 7) is 11.9. The smallest absolute Gasteiger partial charge is 0.272 e. The monoisotopic (exact) mass is 404 g/mol. The molecule has 1 saturated carbocycles. The number of hydrogen-bond donors (Lipinski definition) is 1. The number of rotatable bonds is 5. The molecule has 2 aliphatic heterocycles. The number of morpholine rings is 1. The number of aliphatic hydroxyl groups excluding tert-OH is 1. The molecule has 3 fully saturated rings. The summed E-state index contributed by atoms with van der Waals surface area (Å²) in [7, 11) is 0. The molecule has 1 aliphatic carbocycles. The number of carbonyl (C=O) groups is 1. The zero-order chi connectivity index (χ0) is 20.5. The van der Waals surface area contributed by atoms with Gasteiger partial charge in [-0.1, -0.05) is 13.8 Å². The minimum absolute atomic E-state index is 0.0983. The lowest BCUT2D eigenvalue weighted by atomic mass is 9.77. The topological polar surface area (TPSA) is 70.8 Å². The molecule has 1 N–H and O–H groups in total. The van der Waals surface area contributed by atoms with Gasteiger partial charge in [-0.15, -0.1) is 0 Å². The highest BCUT2D eigenvalue weighted by molar-refractivity contribution is 5.93. The van der Waals surface area contributed by atoms with Crippen LogP contribution in [0.5, 0.6) is 0 Å². The second-order valence-corrected chi connectivity index (χ2v) is 9.42. The summed E-state index contributed by atoms with van der Waals surface area (Å²) in [6.07, 6.45) is 2.36. The van der Waals surface area contributed by atoms with Gasteiger partial charge in [0, 0.05) is 38.8 Å². The Balaban J connectivity index is 1.44. The molecule has 0 spiro atoms. The molecule has 1 aromatic rings. The van der Waals surface area contributed by atoms with Gasteiger partial charge in [-0.25, -0.2) is 0 Å². The first kappa shape index (κ1) is 20.8. The van der Waals surface area contributed by atoms with Gasteiger partial charge in [0.05, 0.1) is 25.0 Å². The van der Waals surface area contributed by atoms with Crippen LogP contribution in [0.25, 0.3) is 0 Å². The van der Waals surface area contributed by atoms with Gasteiger partial charge in [0.25, 0.3) is 5.91 Å². The number of likely N-dealkylation sites (tertiary alicyclic amines) is 1. The van der Waals surface area contributed by atoms with Crippen LogP contribution >= 0.6 is 0 Å². The standard InChI is InChI=1S/C22H36N4O3/c1-4-26-20(12-18(23-26)9-15(2)3)22(28)25-13-16-10-19(21(27)11-17(16)14-25)24-5-7-29-8-6-24/h12,15-17,19,21,27H,4-11,13-14H2,1-3H3/t16-,17+,19-,21-/m1/s1. The molecular weight excluding hydrogens is 368 g/mol. The highest BCUT2D eigenvalue weighted by Crippen LogP contribution is 2.39. The minimum Gasteiger partial charge on any atom is -0.391 e. The van der Waals surface area contributed by atoms with Crippen LogP contribution in [0, 0.1) is 17.8 Å². The fourth-order valence-corrected chi connectivity index (χ4v) is 5.44. The molecule has 2 saturated heterocycles. The number of amides is 1. The first-order chi connectivity index (χ1) is 14.0. The van der Waals surface area contributed by atoms with Crippen molar-refractivity contribution in [1.29, 1.82) is 0 Å². The van der Waals surface area contributed by atoms with E-state index in [-0.39, 0.29) is 18.1 Å². The van der Waals surface area contributed by atoms with Crippen LogP contribution in [-0.4, -0.2) is 82.1 Å². The molecule has 3 heterocycles. The second-order valence-electron chi connectivity index (χ2n) is 9.42. The van der Waals surface area contributed by atoms with Crippen molar-refractivity contribution in [3.63, 3.8) is 0 Å². The molecule has 4 atom stereocenters. The summed E-state index contributed by atoms with van der Waals surface area (Å²) in [5.41, 5.74) is 1.72. The maximum atomic E-state index is 13.3. The van der Waals surface area contributed by atoms with Crippen LogP contribution in [0.15, 0.2) is 6.07 Å². The van der Waals surface area contributed by atoms with Gasteiger partial charge in [-0.05, 0) is 50.0 Å². The van der Waals surface area contributed by atoms with Gasteiger partial charge in [0.15, 0.2) is 0 Å². The van der Waals surface area contributed by atoms with E-state index in [1.807, 2.05) is 22.6 Å². The number of nitrogens with zero attached hydrogens (tertiary/aromatic N) is 4. The lowest BCUT2D eigenvalue weighted by Gasteiger charge is -2.43. The van der Waals surface area contributed by atoms with Crippen molar-refractivity contribution in [1.82, 2.24) is 19.6 Å². The third kappa shape index (κ3) is 4.37. The molecule has 29 heavy (non-hydrogen) atoms. The predicted octanol–water partition coefficient (Wildman–Crippen LogP) is 1.65. The van der Waals surface area contributed by atoms with Crippen LogP contribution < -0.4 is 0 Å². The summed E-state index contributed by atoms with van der Waals surface area (Å²) in [5.74, 6) is 1.50. The summed E-state index contributed by atoms with van der Waals surface area (Å²) < 4.78 is 7.33. The number of aryl methyl sites for hydroxylation is 1. The summed E-state index contributed by atoms with van der Waals surface area (Å²) in [6, 6.07) is 2.19. The summed E-state index contributed by atoms with van der Waals surface area (Å²) >= 11 is 0. The van der Waals surface area contributed by atoms with Crippen molar-refractivity contribution < 1.29 is 14.6 Å². The van der Waals surface area contributed by atoms with E-state index >= 15 is 0 Å². The average Bonchev–Trinajstić information content (AvgIpc) is 3.30. The van der Waals surface area contributed by atoms with Crippen molar-refractivity contribution in [2.24, 2.45) is 17.8 Å². The van der Waals surface area contributed by atoms with E-state index in [4.69, 9.17) is 4.74 Å². The normalized spacial score (nSPS) is 30.7. The van der Waals surface area contributed by atoms with E-state index in [0.29, 0.717) is 30.0 Å². The van der Waals surface area contributed by atoms with Crippen molar-refractivity contribution in [3.05, 3.63) is 17.5 Å². The quantitative estimate of drug-likeness (QED) is 0.808. The van der Waals surface area contributed by atoms with E-state index in [1.165, 1.54) is 0 Å². The molecular formula is C22H36N4O3. The molecule has 3 aliphatic rings. The van der Waals surface area contributed by atoms with Crippen LogP contribution in [0.3, 0.4) is 0 Å². The van der Waals surface area contributed by atoms with Crippen LogP contribution in [-0.2, 0) is 17.7 Å². The first-order valence-corrected chi connectivity index (χ1v) is 11.3. The Morgan fingerprint density at radius 1 is 1.24 bits per heavy atom. The molecule has 4 rings (SSSR count). The largest absolute Gasteiger partial charge is 0.391 e. The zero-order valence-electron chi connectivity index (χ0n) is 18.1.